The van der Waals surface area contributed by atoms with E-state index < -0.39 is 0 Å². The van der Waals surface area contributed by atoms with Gasteiger partial charge in [0.2, 0.25) is 0 Å². The summed E-state index contributed by atoms with van der Waals surface area (Å²) in [7, 11) is 0. The number of nitro groups is 1. The summed E-state index contributed by atoms with van der Waals surface area (Å²) in [6.45, 7) is 3.58. The van der Waals surface area contributed by atoms with Crippen molar-refractivity contribution in [1.82, 2.24) is 5.32 Å². The van der Waals surface area contributed by atoms with Gasteiger partial charge in [-0.05, 0) is 12.0 Å². The molecule has 1 saturated heterocycles. The molecule has 1 aliphatic rings. The Labute approximate surface area is 106 Å². The second-order valence-corrected chi connectivity index (χ2v) is 4.59. The van der Waals surface area contributed by atoms with Crippen LogP contribution in [-0.4, -0.2) is 24.2 Å². The Bertz CT molecular complexity index is 418. The fraction of sp³-hybridized carbons (Fsp3) is 0.538. The second kappa shape index (κ2) is 5.93. The Balaban J connectivity index is 2.12. The first-order valence-electron chi connectivity index (χ1n) is 6.29. The quantitative estimate of drug-likeness (QED) is 0.622. The standard InChI is InChI=1S/C13H18N2O3/c1-2-4-13(14-11-8-18-9-11)10-5-3-6-12(7-10)15(16)17/h3,5-7,11,13-14H,2,4,8-9H2,1H3. The summed E-state index contributed by atoms with van der Waals surface area (Å²) in [5.74, 6) is 0. The number of nitrogens with one attached hydrogen (secondary N) is 1. The van der Waals surface area contributed by atoms with E-state index in [0.29, 0.717) is 6.04 Å². The van der Waals surface area contributed by atoms with Crippen molar-refractivity contribution in [2.24, 2.45) is 0 Å². The van der Waals surface area contributed by atoms with Gasteiger partial charge in [0, 0.05) is 18.2 Å². The molecule has 0 aliphatic carbocycles. The third kappa shape index (κ3) is 3.05. The number of benzene rings is 1. The molecule has 5 nitrogen and oxygen atoms in total. The molecule has 0 saturated carbocycles. The van der Waals surface area contributed by atoms with E-state index >= 15 is 0 Å². The molecule has 1 heterocycles. The third-order valence-electron chi connectivity index (χ3n) is 3.14. The maximum atomic E-state index is 10.8. The molecule has 1 aromatic rings. The van der Waals surface area contributed by atoms with E-state index in [0.717, 1.165) is 31.6 Å². The van der Waals surface area contributed by atoms with Gasteiger partial charge in [0.05, 0.1) is 24.2 Å². The van der Waals surface area contributed by atoms with E-state index in [-0.39, 0.29) is 16.7 Å². The second-order valence-electron chi connectivity index (χ2n) is 4.59. The molecule has 1 aromatic carbocycles. The smallest absolute Gasteiger partial charge is 0.269 e. The van der Waals surface area contributed by atoms with E-state index in [1.807, 2.05) is 6.07 Å². The molecule has 0 radical (unpaired) electrons. The summed E-state index contributed by atoms with van der Waals surface area (Å²) in [6, 6.07) is 7.42. The lowest BCUT2D eigenvalue weighted by molar-refractivity contribution is -0.384. The van der Waals surface area contributed by atoms with Crippen molar-refractivity contribution in [3.63, 3.8) is 0 Å². The zero-order valence-electron chi connectivity index (χ0n) is 10.5. The summed E-state index contributed by atoms with van der Waals surface area (Å²) in [4.78, 5) is 10.4. The molecule has 1 unspecified atom stereocenters. The van der Waals surface area contributed by atoms with Gasteiger partial charge in [-0.3, -0.25) is 10.1 Å². The van der Waals surface area contributed by atoms with Crippen LogP contribution in [0.3, 0.4) is 0 Å². The number of nitrogens with zero attached hydrogens (tertiary/aromatic N) is 1. The fourth-order valence-electron chi connectivity index (χ4n) is 2.11. The van der Waals surface area contributed by atoms with Crippen molar-refractivity contribution < 1.29 is 9.66 Å². The maximum Gasteiger partial charge on any atom is 0.269 e. The Hall–Kier alpha value is -1.46. The summed E-state index contributed by atoms with van der Waals surface area (Å²) in [5.41, 5.74) is 1.14. The number of hydrogen-bond acceptors (Lipinski definition) is 4. The molecule has 1 aliphatic heterocycles. The van der Waals surface area contributed by atoms with Crippen LogP contribution in [0, 0.1) is 10.1 Å². The van der Waals surface area contributed by atoms with Gasteiger partial charge >= 0.3 is 0 Å². The summed E-state index contributed by atoms with van der Waals surface area (Å²) < 4.78 is 5.14. The molecule has 1 atom stereocenters. The molecule has 1 fully saturated rings. The summed E-state index contributed by atoms with van der Waals surface area (Å²) in [6.07, 6.45) is 2.01. The van der Waals surface area contributed by atoms with Gasteiger partial charge in [0.15, 0.2) is 0 Å². The molecule has 0 amide bonds. The lowest BCUT2D eigenvalue weighted by Gasteiger charge is -2.31. The normalized spacial score (nSPS) is 17.2. The van der Waals surface area contributed by atoms with E-state index in [9.17, 15) is 10.1 Å². The van der Waals surface area contributed by atoms with Gasteiger partial charge in [-0.2, -0.15) is 0 Å². The summed E-state index contributed by atoms with van der Waals surface area (Å²) >= 11 is 0. The molecular weight excluding hydrogens is 232 g/mol. The van der Waals surface area contributed by atoms with Gasteiger partial charge in [-0.15, -0.1) is 0 Å². The van der Waals surface area contributed by atoms with E-state index in [1.165, 1.54) is 6.07 Å². The minimum atomic E-state index is -0.348. The van der Waals surface area contributed by atoms with Gasteiger partial charge in [-0.25, -0.2) is 0 Å². The highest BCUT2D eigenvalue weighted by Gasteiger charge is 2.23. The van der Waals surface area contributed by atoms with Crippen LogP contribution in [0.25, 0.3) is 0 Å². The van der Waals surface area contributed by atoms with Gasteiger partial charge in [0.25, 0.3) is 5.69 Å². The number of non-ortho nitro benzene ring substituents is 1. The van der Waals surface area contributed by atoms with Gasteiger partial charge in [0.1, 0.15) is 0 Å². The topological polar surface area (TPSA) is 64.4 Å². The zero-order valence-corrected chi connectivity index (χ0v) is 10.5. The third-order valence-corrected chi connectivity index (χ3v) is 3.14. The van der Waals surface area contributed by atoms with Crippen LogP contribution >= 0.6 is 0 Å². The Morgan fingerprint density at radius 3 is 2.89 bits per heavy atom. The molecule has 18 heavy (non-hydrogen) atoms. The zero-order chi connectivity index (χ0) is 13.0. The van der Waals surface area contributed by atoms with Gasteiger partial charge in [-0.1, -0.05) is 25.5 Å². The molecule has 0 aromatic heterocycles. The lowest BCUT2D eigenvalue weighted by atomic mass is 10.0. The van der Waals surface area contributed by atoms with Crippen LogP contribution in [-0.2, 0) is 4.74 Å². The first-order chi connectivity index (χ1) is 8.70. The van der Waals surface area contributed by atoms with Crippen LogP contribution in [0.15, 0.2) is 24.3 Å². The molecule has 0 spiro atoms. The predicted octanol–water partition coefficient (Wildman–Crippen LogP) is 2.42. The molecule has 0 bridgehead atoms. The van der Waals surface area contributed by atoms with Crippen LogP contribution in [0.2, 0.25) is 0 Å². The minimum Gasteiger partial charge on any atom is -0.378 e. The van der Waals surface area contributed by atoms with Gasteiger partial charge < -0.3 is 10.1 Å². The first-order valence-corrected chi connectivity index (χ1v) is 6.29. The van der Waals surface area contributed by atoms with Crippen LogP contribution in [0.1, 0.15) is 31.4 Å². The monoisotopic (exact) mass is 250 g/mol. The molecule has 2 rings (SSSR count). The Kier molecular flexibility index (Phi) is 4.28. The van der Waals surface area contributed by atoms with E-state index in [4.69, 9.17) is 4.74 Å². The van der Waals surface area contributed by atoms with Crippen molar-refractivity contribution in [1.29, 1.82) is 0 Å². The van der Waals surface area contributed by atoms with Crippen molar-refractivity contribution >= 4 is 5.69 Å². The highest BCUT2D eigenvalue weighted by Crippen LogP contribution is 2.24. The number of hydrogen-bond donors (Lipinski definition) is 1. The predicted molar refractivity (Wildman–Crippen MR) is 68.5 cm³/mol. The molecule has 5 heteroatoms. The molecule has 98 valence electrons. The Morgan fingerprint density at radius 2 is 2.33 bits per heavy atom. The largest absolute Gasteiger partial charge is 0.378 e. The highest BCUT2D eigenvalue weighted by atomic mass is 16.6. The average molecular weight is 250 g/mol. The molecule has 1 N–H and O–H groups in total. The van der Waals surface area contributed by atoms with Crippen molar-refractivity contribution in [2.75, 3.05) is 13.2 Å². The van der Waals surface area contributed by atoms with Crippen molar-refractivity contribution in [3.05, 3.63) is 39.9 Å². The number of nitro benzene ring substituents is 1. The minimum absolute atomic E-state index is 0.153. The van der Waals surface area contributed by atoms with Crippen LogP contribution < -0.4 is 5.32 Å². The number of ether oxygens (including phenoxy) is 1. The average Bonchev–Trinajstić information content (AvgIpc) is 2.32. The van der Waals surface area contributed by atoms with E-state index in [2.05, 4.69) is 12.2 Å². The maximum absolute atomic E-state index is 10.8. The SMILES string of the molecule is CCCC(NC1COC1)c1cccc([N+](=O)[O-])c1. The Morgan fingerprint density at radius 1 is 1.56 bits per heavy atom. The lowest BCUT2D eigenvalue weighted by Crippen LogP contribution is -2.47. The van der Waals surface area contributed by atoms with Crippen LogP contribution in [0.4, 0.5) is 5.69 Å². The van der Waals surface area contributed by atoms with Crippen molar-refractivity contribution in [2.45, 2.75) is 31.8 Å². The first kappa shape index (κ1) is 13.0. The molecular formula is C13H18N2O3. The highest BCUT2D eigenvalue weighted by molar-refractivity contribution is 5.35. The fourth-order valence-corrected chi connectivity index (χ4v) is 2.11. The number of rotatable bonds is 6. The van der Waals surface area contributed by atoms with Crippen molar-refractivity contribution in [3.8, 4) is 0 Å². The summed E-state index contributed by atoms with van der Waals surface area (Å²) in [5, 5.41) is 14.3. The van der Waals surface area contributed by atoms with Crippen LogP contribution in [0.5, 0.6) is 0 Å². The van der Waals surface area contributed by atoms with E-state index in [1.54, 1.807) is 12.1 Å².